The van der Waals surface area contributed by atoms with Crippen molar-refractivity contribution < 1.29 is 4.79 Å². The Morgan fingerprint density at radius 2 is 2.57 bits per heavy atom. The molecule has 0 aromatic carbocycles. The minimum absolute atomic E-state index is 0.162. The van der Waals surface area contributed by atoms with Crippen LogP contribution in [0, 0.1) is 0 Å². The summed E-state index contributed by atoms with van der Waals surface area (Å²) in [7, 11) is 0. The van der Waals surface area contributed by atoms with Crippen LogP contribution in [0.5, 0.6) is 0 Å². The molecule has 0 fully saturated rings. The zero-order chi connectivity index (χ0) is 10.4. The number of carbonyl (C=O) groups is 1. The minimum Gasteiger partial charge on any atom is -0.320 e. The Hall–Kier alpha value is -1.01. The molecule has 78 valence electrons. The summed E-state index contributed by atoms with van der Waals surface area (Å²) in [4.78, 5) is 11.4. The van der Waals surface area contributed by atoms with Gasteiger partial charge in [0.1, 0.15) is 5.00 Å². The van der Waals surface area contributed by atoms with Crippen LogP contribution in [0.3, 0.4) is 0 Å². The molecule has 3 N–H and O–H groups in total. The average molecular weight is 214 g/mol. The van der Waals surface area contributed by atoms with Crippen LogP contribution in [0.25, 0.3) is 0 Å². The zero-order valence-electron chi connectivity index (χ0n) is 8.06. The number of hydrogen-bond acceptors (Lipinski definition) is 5. The molecule has 1 amide bonds. The van der Waals surface area contributed by atoms with E-state index in [1.807, 2.05) is 0 Å². The molecule has 1 aromatic rings. The molecule has 14 heavy (non-hydrogen) atoms. The number of hydrogen-bond donors (Lipinski definition) is 2. The third-order valence-corrected chi connectivity index (χ3v) is 2.39. The highest BCUT2D eigenvalue weighted by atomic mass is 32.1. The second-order valence-corrected chi connectivity index (χ2v) is 3.81. The molecule has 0 radical (unpaired) electrons. The number of nitrogens with one attached hydrogen (secondary N) is 1. The summed E-state index contributed by atoms with van der Waals surface area (Å²) in [6.07, 6.45) is 4.24. The van der Waals surface area contributed by atoms with Gasteiger partial charge in [-0.3, -0.25) is 4.79 Å². The van der Waals surface area contributed by atoms with E-state index in [1.165, 1.54) is 6.20 Å². The summed E-state index contributed by atoms with van der Waals surface area (Å²) in [6, 6.07) is -0.433. The fourth-order valence-electron chi connectivity index (χ4n) is 0.991. The smallest absolute Gasteiger partial charge is 0.241 e. The minimum atomic E-state index is -0.433. The molecule has 1 aromatic heterocycles. The SMILES string of the molecule is CCCC[C@H](N)C(=O)Nc1cnns1. The average Bonchev–Trinajstić information content (AvgIpc) is 2.66. The third kappa shape index (κ3) is 3.39. The van der Waals surface area contributed by atoms with Crippen LogP contribution >= 0.6 is 11.5 Å². The second kappa shape index (κ2) is 5.66. The lowest BCUT2D eigenvalue weighted by molar-refractivity contribution is -0.117. The number of nitrogens with zero attached hydrogens (tertiary/aromatic N) is 2. The monoisotopic (exact) mass is 214 g/mol. The van der Waals surface area contributed by atoms with Crippen LogP contribution < -0.4 is 11.1 Å². The Morgan fingerprint density at radius 3 is 3.14 bits per heavy atom. The molecule has 0 bridgehead atoms. The highest BCUT2D eigenvalue weighted by molar-refractivity contribution is 7.10. The van der Waals surface area contributed by atoms with Crippen LogP contribution in [-0.2, 0) is 4.79 Å². The molecule has 0 unspecified atom stereocenters. The first-order valence-electron chi connectivity index (χ1n) is 4.58. The maximum absolute atomic E-state index is 11.4. The Morgan fingerprint density at radius 1 is 1.79 bits per heavy atom. The van der Waals surface area contributed by atoms with Gasteiger partial charge in [-0.05, 0) is 6.42 Å². The van der Waals surface area contributed by atoms with Gasteiger partial charge in [0.25, 0.3) is 0 Å². The standard InChI is InChI=1S/C8H14N4OS/c1-2-3-4-6(9)8(13)11-7-5-10-12-14-7/h5-6H,2-4,9H2,1H3,(H,11,13)/t6-/m0/s1. The van der Waals surface area contributed by atoms with Crippen LogP contribution in [0.15, 0.2) is 6.20 Å². The molecule has 0 aliphatic heterocycles. The molecule has 5 nitrogen and oxygen atoms in total. The molecular formula is C8H14N4OS. The summed E-state index contributed by atoms with van der Waals surface area (Å²) in [6.45, 7) is 2.07. The highest BCUT2D eigenvalue weighted by Crippen LogP contribution is 2.10. The highest BCUT2D eigenvalue weighted by Gasteiger charge is 2.13. The largest absolute Gasteiger partial charge is 0.320 e. The molecule has 6 heteroatoms. The topological polar surface area (TPSA) is 80.9 Å². The van der Waals surface area contributed by atoms with Gasteiger partial charge in [-0.2, -0.15) is 0 Å². The Kier molecular flexibility index (Phi) is 4.48. The second-order valence-electron chi connectivity index (χ2n) is 3.02. The van der Waals surface area contributed by atoms with Crippen molar-refractivity contribution in [3.63, 3.8) is 0 Å². The van der Waals surface area contributed by atoms with Crippen molar-refractivity contribution in [2.24, 2.45) is 5.73 Å². The van der Waals surface area contributed by atoms with Gasteiger partial charge in [-0.25, -0.2) is 0 Å². The van der Waals surface area contributed by atoms with Gasteiger partial charge in [-0.1, -0.05) is 24.3 Å². The van der Waals surface area contributed by atoms with Crippen LogP contribution in [0.4, 0.5) is 5.00 Å². The van der Waals surface area contributed by atoms with Crippen molar-refractivity contribution in [3.8, 4) is 0 Å². The van der Waals surface area contributed by atoms with Crippen molar-refractivity contribution in [1.29, 1.82) is 0 Å². The molecule has 0 spiro atoms. The fraction of sp³-hybridized carbons (Fsp3) is 0.625. The van der Waals surface area contributed by atoms with E-state index < -0.39 is 6.04 Å². The van der Waals surface area contributed by atoms with E-state index in [9.17, 15) is 4.79 Å². The fourth-order valence-corrected chi connectivity index (χ4v) is 1.41. The number of aromatic nitrogens is 2. The van der Waals surface area contributed by atoms with Crippen LogP contribution in [-0.4, -0.2) is 21.5 Å². The summed E-state index contributed by atoms with van der Waals surface area (Å²) < 4.78 is 3.63. The quantitative estimate of drug-likeness (QED) is 0.766. The van der Waals surface area contributed by atoms with Crippen molar-refractivity contribution in [2.45, 2.75) is 32.2 Å². The van der Waals surface area contributed by atoms with Crippen molar-refractivity contribution in [3.05, 3.63) is 6.20 Å². The summed E-state index contributed by atoms with van der Waals surface area (Å²) in [5, 5.41) is 6.91. The summed E-state index contributed by atoms with van der Waals surface area (Å²) in [5.74, 6) is -0.162. The van der Waals surface area contributed by atoms with E-state index >= 15 is 0 Å². The Labute approximate surface area is 86.9 Å². The maximum atomic E-state index is 11.4. The molecule has 1 rings (SSSR count). The van der Waals surface area contributed by atoms with Crippen molar-refractivity contribution in [1.82, 2.24) is 9.59 Å². The Balaban J connectivity index is 2.34. The number of rotatable bonds is 5. The molecule has 0 aliphatic rings. The van der Waals surface area contributed by atoms with E-state index in [-0.39, 0.29) is 5.91 Å². The van der Waals surface area contributed by atoms with Crippen LogP contribution in [0.2, 0.25) is 0 Å². The van der Waals surface area contributed by atoms with E-state index in [4.69, 9.17) is 5.73 Å². The molecule has 0 saturated heterocycles. The third-order valence-electron chi connectivity index (χ3n) is 1.81. The van der Waals surface area contributed by atoms with Gasteiger partial charge in [0.05, 0.1) is 12.2 Å². The molecule has 0 saturated carbocycles. The van der Waals surface area contributed by atoms with Crippen molar-refractivity contribution in [2.75, 3.05) is 5.32 Å². The van der Waals surface area contributed by atoms with Gasteiger partial charge >= 0.3 is 0 Å². The van der Waals surface area contributed by atoms with Gasteiger partial charge in [0.2, 0.25) is 5.91 Å². The Bertz CT molecular complexity index is 275. The first kappa shape index (κ1) is 11.1. The first-order chi connectivity index (χ1) is 6.74. The predicted octanol–water partition coefficient (Wildman–Crippen LogP) is 0.994. The predicted molar refractivity (Wildman–Crippen MR) is 56.0 cm³/mol. The van der Waals surface area contributed by atoms with E-state index in [1.54, 1.807) is 0 Å². The summed E-state index contributed by atoms with van der Waals surface area (Å²) in [5.41, 5.74) is 5.67. The molecule has 0 aliphatic carbocycles. The molecular weight excluding hydrogens is 200 g/mol. The van der Waals surface area contributed by atoms with Crippen LogP contribution in [0.1, 0.15) is 26.2 Å². The van der Waals surface area contributed by atoms with Gasteiger partial charge < -0.3 is 11.1 Å². The van der Waals surface area contributed by atoms with E-state index in [0.29, 0.717) is 11.4 Å². The number of amides is 1. The number of carbonyl (C=O) groups excluding carboxylic acids is 1. The number of anilines is 1. The molecule has 1 atom stereocenters. The lowest BCUT2D eigenvalue weighted by atomic mass is 10.1. The van der Waals surface area contributed by atoms with Gasteiger partial charge in [-0.15, -0.1) is 5.10 Å². The number of unbranched alkanes of at least 4 members (excludes halogenated alkanes) is 1. The first-order valence-corrected chi connectivity index (χ1v) is 5.35. The van der Waals surface area contributed by atoms with Crippen molar-refractivity contribution >= 4 is 22.4 Å². The normalized spacial score (nSPS) is 12.4. The zero-order valence-corrected chi connectivity index (χ0v) is 8.88. The molecule has 1 heterocycles. The van der Waals surface area contributed by atoms with E-state index in [0.717, 1.165) is 24.4 Å². The maximum Gasteiger partial charge on any atom is 0.241 e. The number of nitrogens with two attached hydrogens (primary N) is 1. The lowest BCUT2D eigenvalue weighted by Gasteiger charge is -2.09. The lowest BCUT2D eigenvalue weighted by Crippen LogP contribution is -2.35. The van der Waals surface area contributed by atoms with Gasteiger partial charge in [0.15, 0.2) is 0 Å². The summed E-state index contributed by atoms with van der Waals surface area (Å²) >= 11 is 1.14. The van der Waals surface area contributed by atoms with Gasteiger partial charge in [0, 0.05) is 11.5 Å². The van der Waals surface area contributed by atoms with E-state index in [2.05, 4.69) is 21.8 Å².